The lowest BCUT2D eigenvalue weighted by Gasteiger charge is -2.35. The van der Waals surface area contributed by atoms with Crippen molar-refractivity contribution in [2.45, 2.75) is 18.9 Å². The quantitative estimate of drug-likeness (QED) is 0.632. The number of nitro benzene ring substituents is 1. The molecule has 1 saturated carbocycles. The summed E-state index contributed by atoms with van der Waals surface area (Å²) in [5, 5.41) is 29.1. The third-order valence-electron chi connectivity index (χ3n) is 3.65. The number of carboxylic acid groups (broad SMARTS) is 1. The van der Waals surface area contributed by atoms with Crippen LogP contribution in [0.2, 0.25) is 0 Å². The predicted molar refractivity (Wildman–Crippen MR) is 72.0 cm³/mol. The molecule has 2 N–H and O–H groups in total. The van der Waals surface area contributed by atoms with Crippen LogP contribution >= 0.6 is 0 Å². The molecule has 8 heteroatoms. The number of aliphatic hydroxyl groups excluding tert-OH is 1. The second kappa shape index (κ2) is 5.65. The van der Waals surface area contributed by atoms with Gasteiger partial charge in [0.1, 0.15) is 17.1 Å². The molecule has 1 aromatic carbocycles. The summed E-state index contributed by atoms with van der Waals surface area (Å²) in [4.78, 5) is 22.7. The Morgan fingerprint density at radius 3 is 2.62 bits per heavy atom. The number of anilines is 1. The van der Waals surface area contributed by atoms with Crippen LogP contribution in [0.1, 0.15) is 23.2 Å². The molecular weight excluding hydrogens is 283 g/mol. The Labute approximate surface area is 119 Å². The molecule has 21 heavy (non-hydrogen) atoms. The molecule has 0 aliphatic heterocycles. The highest BCUT2D eigenvalue weighted by molar-refractivity contribution is 5.90. The third kappa shape index (κ3) is 3.10. The average molecular weight is 298 g/mol. The minimum absolute atomic E-state index is 0.0314. The summed E-state index contributed by atoms with van der Waals surface area (Å²) in [6.07, 6.45) is 0.867. The van der Waals surface area contributed by atoms with Gasteiger partial charge in [0.05, 0.1) is 11.0 Å². The topological polar surface area (TPSA) is 104 Å². The number of carboxylic acids is 1. The van der Waals surface area contributed by atoms with Gasteiger partial charge >= 0.3 is 5.97 Å². The van der Waals surface area contributed by atoms with E-state index in [2.05, 4.69) is 0 Å². The van der Waals surface area contributed by atoms with Gasteiger partial charge in [-0.05, 0) is 18.8 Å². The van der Waals surface area contributed by atoms with Gasteiger partial charge in [0.2, 0.25) is 0 Å². The molecule has 0 radical (unpaired) electrons. The molecule has 1 aromatic rings. The SMILES string of the molecule is CN(CC1CC(O)C1)c1cc(F)c(C(=O)O)cc1[N+](=O)[O-]. The lowest BCUT2D eigenvalue weighted by Crippen LogP contribution is -2.37. The number of aromatic carboxylic acids is 1. The first-order valence-corrected chi connectivity index (χ1v) is 6.40. The first-order chi connectivity index (χ1) is 9.79. The van der Waals surface area contributed by atoms with Crippen LogP contribution < -0.4 is 4.90 Å². The first kappa shape index (κ1) is 15.2. The van der Waals surface area contributed by atoms with E-state index in [-0.39, 0.29) is 17.7 Å². The maximum atomic E-state index is 13.7. The summed E-state index contributed by atoms with van der Waals surface area (Å²) < 4.78 is 13.7. The van der Waals surface area contributed by atoms with Gasteiger partial charge in [-0.1, -0.05) is 0 Å². The maximum Gasteiger partial charge on any atom is 0.338 e. The molecule has 1 aliphatic carbocycles. The van der Waals surface area contributed by atoms with E-state index in [1.807, 2.05) is 0 Å². The summed E-state index contributed by atoms with van der Waals surface area (Å²) in [6.45, 7) is 0.434. The number of benzene rings is 1. The van der Waals surface area contributed by atoms with E-state index in [0.717, 1.165) is 12.1 Å². The smallest absolute Gasteiger partial charge is 0.338 e. The predicted octanol–water partition coefficient (Wildman–Crippen LogP) is 1.64. The second-order valence-electron chi connectivity index (χ2n) is 5.25. The van der Waals surface area contributed by atoms with Crippen LogP contribution in [0.4, 0.5) is 15.8 Å². The van der Waals surface area contributed by atoms with Gasteiger partial charge in [0.15, 0.2) is 0 Å². The summed E-state index contributed by atoms with van der Waals surface area (Å²) >= 11 is 0. The van der Waals surface area contributed by atoms with Gasteiger partial charge in [-0.3, -0.25) is 10.1 Å². The van der Waals surface area contributed by atoms with Crippen LogP contribution in [0.5, 0.6) is 0 Å². The van der Waals surface area contributed by atoms with Crippen molar-refractivity contribution >= 4 is 17.3 Å². The highest BCUT2D eigenvalue weighted by atomic mass is 19.1. The van der Waals surface area contributed by atoms with Crippen LogP contribution in [-0.2, 0) is 0 Å². The second-order valence-corrected chi connectivity index (χ2v) is 5.25. The third-order valence-corrected chi connectivity index (χ3v) is 3.65. The normalized spacial score (nSPS) is 20.7. The Bertz CT molecular complexity index is 586. The molecule has 0 heterocycles. The molecule has 0 spiro atoms. The highest BCUT2D eigenvalue weighted by Crippen LogP contribution is 2.34. The van der Waals surface area contributed by atoms with E-state index in [0.29, 0.717) is 19.4 Å². The largest absolute Gasteiger partial charge is 0.478 e. The minimum Gasteiger partial charge on any atom is -0.478 e. The number of nitro groups is 1. The number of rotatable bonds is 5. The van der Waals surface area contributed by atoms with Crippen LogP contribution in [0.15, 0.2) is 12.1 Å². The summed E-state index contributed by atoms with van der Waals surface area (Å²) in [6, 6.07) is 1.61. The van der Waals surface area contributed by atoms with Gasteiger partial charge in [0.25, 0.3) is 5.69 Å². The molecule has 114 valence electrons. The molecule has 7 nitrogen and oxygen atoms in total. The molecule has 0 unspecified atom stereocenters. The Balaban J connectivity index is 2.30. The van der Waals surface area contributed by atoms with Gasteiger partial charge in [-0.25, -0.2) is 9.18 Å². The number of carbonyl (C=O) groups is 1. The van der Waals surface area contributed by atoms with Crippen LogP contribution in [0.3, 0.4) is 0 Å². The fourth-order valence-electron chi connectivity index (χ4n) is 2.50. The van der Waals surface area contributed by atoms with Crippen LogP contribution in [-0.4, -0.2) is 40.8 Å². The molecule has 0 amide bonds. The lowest BCUT2D eigenvalue weighted by molar-refractivity contribution is -0.384. The molecule has 0 bridgehead atoms. The van der Waals surface area contributed by atoms with E-state index in [1.54, 1.807) is 7.05 Å². The number of hydrogen-bond acceptors (Lipinski definition) is 5. The van der Waals surface area contributed by atoms with Crippen molar-refractivity contribution in [3.63, 3.8) is 0 Å². The van der Waals surface area contributed by atoms with Gasteiger partial charge in [-0.2, -0.15) is 0 Å². The zero-order valence-electron chi connectivity index (χ0n) is 11.3. The summed E-state index contributed by atoms with van der Waals surface area (Å²) in [7, 11) is 1.58. The number of aliphatic hydroxyl groups is 1. The molecular formula is C13H15FN2O5. The van der Waals surface area contributed by atoms with E-state index < -0.39 is 28.0 Å². The molecule has 0 atom stereocenters. The lowest BCUT2D eigenvalue weighted by atomic mass is 9.82. The monoisotopic (exact) mass is 298 g/mol. The highest BCUT2D eigenvalue weighted by Gasteiger charge is 2.30. The van der Waals surface area contributed by atoms with Crippen LogP contribution in [0.25, 0.3) is 0 Å². The Morgan fingerprint density at radius 2 is 2.14 bits per heavy atom. The van der Waals surface area contributed by atoms with Gasteiger partial charge in [0, 0.05) is 25.7 Å². The van der Waals surface area contributed by atoms with Crippen molar-refractivity contribution in [3.8, 4) is 0 Å². The Hall–Kier alpha value is -2.22. The fraction of sp³-hybridized carbons (Fsp3) is 0.462. The first-order valence-electron chi connectivity index (χ1n) is 6.40. The molecule has 1 aliphatic rings. The Morgan fingerprint density at radius 1 is 1.52 bits per heavy atom. The number of nitrogens with zero attached hydrogens (tertiary/aromatic N) is 2. The molecule has 0 saturated heterocycles. The maximum absolute atomic E-state index is 13.7. The van der Waals surface area contributed by atoms with Gasteiger partial charge in [-0.15, -0.1) is 0 Å². The van der Waals surface area contributed by atoms with Crippen molar-refractivity contribution < 1.29 is 24.3 Å². The fourth-order valence-corrected chi connectivity index (χ4v) is 2.50. The number of halogens is 1. The van der Waals surface area contributed by atoms with Crippen molar-refractivity contribution in [1.82, 2.24) is 0 Å². The zero-order chi connectivity index (χ0) is 15.7. The zero-order valence-corrected chi connectivity index (χ0v) is 11.3. The van der Waals surface area contributed by atoms with E-state index in [1.165, 1.54) is 4.90 Å². The van der Waals surface area contributed by atoms with E-state index >= 15 is 0 Å². The number of hydrogen-bond donors (Lipinski definition) is 2. The van der Waals surface area contributed by atoms with E-state index in [9.17, 15) is 24.4 Å². The summed E-state index contributed by atoms with van der Waals surface area (Å²) in [5.41, 5.74) is -1.14. The van der Waals surface area contributed by atoms with Crippen molar-refractivity contribution in [3.05, 3.63) is 33.6 Å². The Kier molecular flexibility index (Phi) is 4.08. The summed E-state index contributed by atoms with van der Waals surface area (Å²) in [5.74, 6) is -2.37. The average Bonchev–Trinajstić information content (AvgIpc) is 2.35. The van der Waals surface area contributed by atoms with Gasteiger partial charge < -0.3 is 15.1 Å². The van der Waals surface area contributed by atoms with E-state index in [4.69, 9.17) is 5.11 Å². The molecule has 1 fully saturated rings. The molecule has 2 rings (SSSR count). The van der Waals surface area contributed by atoms with Crippen molar-refractivity contribution in [2.75, 3.05) is 18.5 Å². The standard InChI is InChI=1S/C13H15FN2O5/c1-15(6-7-2-8(17)3-7)11-5-10(14)9(13(18)19)4-12(11)16(20)21/h4-5,7-8,17H,2-3,6H2,1H3,(H,18,19). The molecule has 0 aromatic heterocycles. The van der Waals surface area contributed by atoms with Crippen molar-refractivity contribution in [2.24, 2.45) is 5.92 Å². The van der Waals surface area contributed by atoms with Crippen molar-refractivity contribution in [1.29, 1.82) is 0 Å². The minimum atomic E-state index is -1.55. The van der Waals surface area contributed by atoms with Crippen LogP contribution in [0, 0.1) is 21.8 Å².